The van der Waals surface area contributed by atoms with Crippen LogP contribution in [0.2, 0.25) is 0 Å². The summed E-state index contributed by atoms with van der Waals surface area (Å²) >= 11 is 0. The minimum absolute atomic E-state index is 0.0317. The number of nitrogens with one attached hydrogen (secondary N) is 2. The molecule has 2 rings (SSSR count). The summed E-state index contributed by atoms with van der Waals surface area (Å²) in [5.74, 6) is -0.315. The number of alkyl carbamates (subject to hydrolysis) is 1. The van der Waals surface area contributed by atoms with Crippen molar-refractivity contribution in [2.45, 2.75) is 24.9 Å². The average Bonchev–Trinajstić information content (AvgIpc) is 3.02. The Bertz CT molecular complexity index is 561. The van der Waals surface area contributed by atoms with Crippen molar-refractivity contribution in [2.75, 3.05) is 13.7 Å². The first kappa shape index (κ1) is 15.8. The quantitative estimate of drug-likeness (QED) is 0.569. The second-order valence-electron chi connectivity index (χ2n) is 5.12. The fraction of sp³-hybridized carbons (Fsp3) is 0.400. The summed E-state index contributed by atoms with van der Waals surface area (Å²) in [6.45, 7) is 0.523. The third kappa shape index (κ3) is 3.36. The van der Waals surface area contributed by atoms with E-state index in [1.54, 1.807) is 29.2 Å². The van der Waals surface area contributed by atoms with E-state index in [1.807, 2.05) is 6.07 Å². The predicted octanol–water partition coefficient (Wildman–Crippen LogP) is 1.01. The molecule has 118 valence electrons. The van der Waals surface area contributed by atoms with E-state index < -0.39 is 18.2 Å². The number of amides is 2. The number of hydrogen-bond acceptors (Lipinski definition) is 4. The molecule has 2 atom stereocenters. The van der Waals surface area contributed by atoms with Gasteiger partial charge in [-0.25, -0.2) is 4.79 Å². The molecule has 0 unspecified atom stereocenters. The maximum Gasteiger partial charge on any atom is 0.407 e. The lowest BCUT2D eigenvalue weighted by Crippen LogP contribution is -2.48. The van der Waals surface area contributed by atoms with Crippen LogP contribution < -0.4 is 11.1 Å². The molecule has 0 radical (unpaired) electrons. The summed E-state index contributed by atoms with van der Waals surface area (Å²) < 4.78 is 4.60. The van der Waals surface area contributed by atoms with E-state index in [1.165, 1.54) is 7.11 Å². The van der Waals surface area contributed by atoms with Crippen molar-refractivity contribution in [3.63, 3.8) is 0 Å². The zero-order valence-corrected chi connectivity index (χ0v) is 12.4. The zero-order chi connectivity index (χ0) is 16.1. The second kappa shape index (κ2) is 6.93. The third-order valence-electron chi connectivity index (χ3n) is 3.72. The number of methoxy groups -OCH3 is 1. The topological polar surface area (TPSA) is 109 Å². The smallest absolute Gasteiger partial charge is 0.407 e. The Balaban J connectivity index is 2.26. The second-order valence-corrected chi connectivity index (χ2v) is 5.12. The van der Waals surface area contributed by atoms with Gasteiger partial charge in [0.2, 0.25) is 0 Å². The van der Waals surface area contributed by atoms with Gasteiger partial charge in [-0.15, -0.1) is 0 Å². The highest BCUT2D eigenvalue weighted by atomic mass is 16.5. The molecule has 22 heavy (non-hydrogen) atoms. The lowest BCUT2D eigenvalue weighted by molar-refractivity contribution is -0.133. The first-order valence-corrected chi connectivity index (χ1v) is 7.08. The molecule has 1 aliphatic rings. The van der Waals surface area contributed by atoms with Gasteiger partial charge < -0.3 is 20.7 Å². The van der Waals surface area contributed by atoms with Crippen LogP contribution in [0.15, 0.2) is 30.3 Å². The number of nitrogens with zero attached hydrogens (tertiary/aromatic N) is 1. The first-order chi connectivity index (χ1) is 10.5. The van der Waals surface area contributed by atoms with Gasteiger partial charge in [0.15, 0.2) is 0 Å². The fourth-order valence-corrected chi connectivity index (χ4v) is 2.63. The number of benzene rings is 1. The molecule has 2 amide bonds. The minimum atomic E-state index is -0.853. The van der Waals surface area contributed by atoms with E-state index in [-0.39, 0.29) is 11.7 Å². The largest absolute Gasteiger partial charge is 0.453 e. The molecule has 0 spiro atoms. The van der Waals surface area contributed by atoms with Crippen LogP contribution in [0, 0.1) is 5.41 Å². The molecule has 1 fully saturated rings. The molecule has 0 bridgehead atoms. The summed E-state index contributed by atoms with van der Waals surface area (Å²) in [5, 5.41) is 10.2. The van der Waals surface area contributed by atoms with Crippen LogP contribution in [-0.2, 0) is 9.53 Å². The van der Waals surface area contributed by atoms with Crippen molar-refractivity contribution in [2.24, 2.45) is 5.73 Å². The lowest BCUT2D eigenvalue weighted by Gasteiger charge is -2.28. The number of amidine groups is 1. The number of ether oxygens (including phenoxy) is 1. The van der Waals surface area contributed by atoms with Gasteiger partial charge in [0.25, 0.3) is 5.91 Å². The van der Waals surface area contributed by atoms with Crippen molar-refractivity contribution in [1.29, 1.82) is 5.41 Å². The molecule has 1 saturated heterocycles. The van der Waals surface area contributed by atoms with Gasteiger partial charge in [-0.05, 0) is 18.4 Å². The number of carbonyl (C=O) groups is 2. The van der Waals surface area contributed by atoms with E-state index in [0.29, 0.717) is 18.5 Å². The van der Waals surface area contributed by atoms with Crippen LogP contribution in [0.3, 0.4) is 0 Å². The van der Waals surface area contributed by atoms with E-state index in [0.717, 1.165) is 6.42 Å². The third-order valence-corrected chi connectivity index (χ3v) is 3.72. The van der Waals surface area contributed by atoms with Crippen LogP contribution in [0.4, 0.5) is 4.79 Å². The molecular weight excluding hydrogens is 284 g/mol. The molecule has 1 heterocycles. The van der Waals surface area contributed by atoms with Crippen LogP contribution in [0.1, 0.15) is 24.4 Å². The normalized spacial score (nSPS) is 18.6. The van der Waals surface area contributed by atoms with Crippen LogP contribution in [-0.4, -0.2) is 42.4 Å². The summed E-state index contributed by atoms with van der Waals surface area (Å²) in [6, 6.07) is 7.68. The summed E-state index contributed by atoms with van der Waals surface area (Å²) in [7, 11) is 1.25. The van der Waals surface area contributed by atoms with Crippen molar-refractivity contribution in [3.05, 3.63) is 35.9 Å². The van der Waals surface area contributed by atoms with Crippen LogP contribution in [0.25, 0.3) is 0 Å². The number of rotatable bonds is 4. The highest BCUT2D eigenvalue weighted by Crippen LogP contribution is 2.23. The molecule has 0 aliphatic carbocycles. The van der Waals surface area contributed by atoms with E-state index in [4.69, 9.17) is 11.1 Å². The van der Waals surface area contributed by atoms with Crippen molar-refractivity contribution in [1.82, 2.24) is 10.2 Å². The van der Waals surface area contributed by atoms with Crippen LogP contribution >= 0.6 is 0 Å². The van der Waals surface area contributed by atoms with Crippen molar-refractivity contribution < 1.29 is 14.3 Å². The Morgan fingerprint density at radius 1 is 1.41 bits per heavy atom. The molecule has 0 aromatic heterocycles. The fourth-order valence-electron chi connectivity index (χ4n) is 2.63. The van der Waals surface area contributed by atoms with Crippen molar-refractivity contribution in [3.8, 4) is 0 Å². The zero-order valence-electron chi connectivity index (χ0n) is 12.4. The molecule has 1 aromatic carbocycles. The van der Waals surface area contributed by atoms with E-state index in [9.17, 15) is 9.59 Å². The minimum Gasteiger partial charge on any atom is -0.453 e. The maximum atomic E-state index is 12.8. The van der Waals surface area contributed by atoms with Crippen molar-refractivity contribution >= 4 is 17.8 Å². The molecule has 4 N–H and O–H groups in total. The summed E-state index contributed by atoms with van der Waals surface area (Å²) in [6.07, 6.45) is 0.775. The Morgan fingerprint density at radius 2 is 2.09 bits per heavy atom. The molecular formula is C15H20N4O3. The summed E-state index contributed by atoms with van der Waals surface area (Å²) in [4.78, 5) is 25.9. The molecule has 0 saturated carbocycles. The SMILES string of the molecule is COC(=O)N[C@H](C(=O)N1CCC[C@H]1C(=N)N)c1ccccc1. The molecule has 7 nitrogen and oxygen atoms in total. The van der Waals surface area contributed by atoms with E-state index in [2.05, 4.69) is 10.1 Å². The molecule has 1 aliphatic heterocycles. The molecule has 7 heteroatoms. The van der Waals surface area contributed by atoms with Gasteiger partial charge in [0.1, 0.15) is 11.9 Å². The Kier molecular flexibility index (Phi) is 4.98. The number of nitrogens with two attached hydrogens (primary N) is 1. The lowest BCUT2D eigenvalue weighted by atomic mass is 10.1. The van der Waals surface area contributed by atoms with Gasteiger partial charge in [0, 0.05) is 6.54 Å². The van der Waals surface area contributed by atoms with Gasteiger partial charge in [-0.2, -0.15) is 0 Å². The summed E-state index contributed by atoms with van der Waals surface area (Å²) in [5.41, 5.74) is 6.23. The van der Waals surface area contributed by atoms with Crippen LogP contribution in [0.5, 0.6) is 0 Å². The van der Waals surface area contributed by atoms with E-state index >= 15 is 0 Å². The standard InChI is InChI=1S/C15H20N4O3/c1-22-15(21)18-12(10-6-3-2-4-7-10)14(20)19-9-5-8-11(19)13(16)17/h2-4,6-7,11-12H,5,8-9H2,1H3,(H3,16,17)(H,18,21)/t11-,12-/m0/s1. The highest BCUT2D eigenvalue weighted by molar-refractivity contribution is 5.92. The van der Waals surface area contributed by atoms with Gasteiger partial charge in [-0.1, -0.05) is 30.3 Å². The number of likely N-dealkylation sites (tertiary alicyclic amines) is 1. The predicted molar refractivity (Wildman–Crippen MR) is 81.4 cm³/mol. The van der Waals surface area contributed by atoms with Gasteiger partial charge in [0.05, 0.1) is 13.2 Å². The number of hydrogen-bond donors (Lipinski definition) is 3. The van der Waals surface area contributed by atoms with Gasteiger partial charge in [-0.3, -0.25) is 10.2 Å². The Labute approximate surface area is 128 Å². The Morgan fingerprint density at radius 3 is 2.68 bits per heavy atom. The maximum absolute atomic E-state index is 12.8. The molecule has 1 aromatic rings. The number of carbonyl (C=O) groups excluding carboxylic acids is 2. The highest BCUT2D eigenvalue weighted by Gasteiger charge is 2.36. The Hall–Kier alpha value is -2.57. The van der Waals surface area contributed by atoms with Gasteiger partial charge >= 0.3 is 6.09 Å². The monoisotopic (exact) mass is 304 g/mol. The first-order valence-electron chi connectivity index (χ1n) is 7.08. The average molecular weight is 304 g/mol.